The van der Waals surface area contributed by atoms with Gasteiger partial charge in [0, 0.05) is 17.4 Å². The van der Waals surface area contributed by atoms with Crippen molar-refractivity contribution in [3.8, 4) is 5.75 Å². The summed E-state index contributed by atoms with van der Waals surface area (Å²) in [6.45, 7) is 7.82. The number of fused-ring (bicyclic) bond motifs is 1. The van der Waals surface area contributed by atoms with Crippen LogP contribution in [0.4, 0.5) is 0 Å². The molecule has 3 aromatic rings. The Hall–Kier alpha value is -2.30. The lowest BCUT2D eigenvalue weighted by Crippen LogP contribution is -2.06. The molecule has 0 spiro atoms. The molecule has 0 fully saturated rings. The van der Waals surface area contributed by atoms with Gasteiger partial charge in [-0.3, -0.25) is 0 Å². The normalized spacial score (nSPS) is 12.5. The summed E-state index contributed by atoms with van der Waals surface area (Å²) in [5.74, 6) is 1.33. The number of hydrogen-bond donors (Lipinski definition) is 1. The summed E-state index contributed by atoms with van der Waals surface area (Å²) in [6.07, 6.45) is 0.907. The molecule has 0 aliphatic heterocycles. The third kappa shape index (κ3) is 3.86. The highest BCUT2D eigenvalue weighted by molar-refractivity contribution is 5.88. The van der Waals surface area contributed by atoms with E-state index in [0.29, 0.717) is 25.6 Å². The zero-order valence-electron chi connectivity index (χ0n) is 14.9. The van der Waals surface area contributed by atoms with Crippen LogP contribution < -0.4 is 4.74 Å². The quantitative estimate of drug-likeness (QED) is 0.641. The lowest BCUT2D eigenvalue weighted by molar-refractivity contribution is 0.110. The Bertz CT molecular complexity index is 833. The van der Waals surface area contributed by atoms with Crippen LogP contribution in [0.25, 0.3) is 10.8 Å². The van der Waals surface area contributed by atoms with Crippen LogP contribution in [0.15, 0.2) is 47.1 Å². The van der Waals surface area contributed by atoms with Crippen LogP contribution in [0.2, 0.25) is 0 Å². The van der Waals surface area contributed by atoms with Crippen molar-refractivity contribution in [3.63, 3.8) is 0 Å². The van der Waals surface area contributed by atoms with Gasteiger partial charge in [0.05, 0.1) is 12.9 Å². The second-order valence-electron chi connectivity index (χ2n) is 6.16. The molecule has 25 heavy (non-hydrogen) atoms. The maximum absolute atomic E-state index is 10.7. The number of ether oxygens (including phenoxy) is 2. The van der Waals surface area contributed by atoms with E-state index in [1.807, 2.05) is 38.1 Å². The second-order valence-corrected chi connectivity index (χ2v) is 6.16. The van der Waals surface area contributed by atoms with E-state index in [9.17, 15) is 5.11 Å². The van der Waals surface area contributed by atoms with Crippen LogP contribution in [0, 0.1) is 13.8 Å². The fourth-order valence-corrected chi connectivity index (χ4v) is 3.00. The smallest absolute Gasteiger partial charge is 0.144 e. The predicted octanol–water partition coefficient (Wildman–Crippen LogP) is 4.55. The van der Waals surface area contributed by atoms with Crippen molar-refractivity contribution >= 4 is 10.8 Å². The summed E-state index contributed by atoms with van der Waals surface area (Å²) < 4.78 is 16.5. The number of aliphatic hydroxyl groups is 1. The van der Waals surface area contributed by atoms with E-state index in [1.165, 1.54) is 0 Å². The van der Waals surface area contributed by atoms with Crippen LogP contribution in [0.1, 0.15) is 35.5 Å². The topological polar surface area (TPSA) is 51.8 Å². The maximum atomic E-state index is 10.7. The summed E-state index contributed by atoms with van der Waals surface area (Å²) in [4.78, 5) is 0. The minimum Gasteiger partial charge on any atom is -0.491 e. The first kappa shape index (κ1) is 17.5. The van der Waals surface area contributed by atoms with Crippen LogP contribution in [-0.4, -0.2) is 24.9 Å². The van der Waals surface area contributed by atoms with Crippen LogP contribution in [0.3, 0.4) is 0 Å². The molecular formula is C21H24O4. The number of aliphatic hydroxyl groups excluding tert-OH is 1. The Kier molecular flexibility index (Phi) is 5.41. The van der Waals surface area contributed by atoms with Gasteiger partial charge in [-0.15, -0.1) is 0 Å². The molecular weight excluding hydrogens is 316 g/mol. The van der Waals surface area contributed by atoms with Gasteiger partial charge in [-0.05, 0) is 50.1 Å². The predicted molar refractivity (Wildman–Crippen MR) is 98.2 cm³/mol. The molecule has 4 nitrogen and oxygen atoms in total. The Balaban J connectivity index is 1.78. The lowest BCUT2D eigenvalue weighted by atomic mass is 10.0. The molecule has 0 saturated heterocycles. The van der Waals surface area contributed by atoms with Gasteiger partial charge in [0.25, 0.3) is 0 Å². The van der Waals surface area contributed by atoms with E-state index in [0.717, 1.165) is 33.2 Å². The van der Waals surface area contributed by atoms with Crippen LogP contribution >= 0.6 is 0 Å². The molecule has 0 amide bonds. The number of aryl methyl sites for hydroxylation is 2. The summed E-state index contributed by atoms with van der Waals surface area (Å²) >= 11 is 0. The number of benzene rings is 2. The number of hydrogen-bond acceptors (Lipinski definition) is 4. The summed E-state index contributed by atoms with van der Waals surface area (Å²) in [5, 5.41) is 12.7. The third-order valence-corrected chi connectivity index (χ3v) is 4.25. The van der Waals surface area contributed by atoms with Gasteiger partial charge in [0.15, 0.2) is 0 Å². The fraction of sp³-hybridized carbons (Fsp3) is 0.333. The maximum Gasteiger partial charge on any atom is 0.144 e. The minimum absolute atomic E-state index is 0.511. The molecule has 0 saturated carbocycles. The first-order valence-electron chi connectivity index (χ1n) is 8.57. The average molecular weight is 340 g/mol. The van der Waals surface area contributed by atoms with Crippen molar-refractivity contribution in [1.82, 2.24) is 0 Å². The Morgan fingerprint density at radius 3 is 2.52 bits per heavy atom. The lowest BCUT2D eigenvalue weighted by Gasteiger charge is -2.11. The van der Waals surface area contributed by atoms with Gasteiger partial charge < -0.3 is 19.0 Å². The first-order chi connectivity index (χ1) is 12.1. The molecule has 0 radical (unpaired) electrons. The van der Waals surface area contributed by atoms with Gasteiger partial charge in [0.2, 0.25) is 0 Å². The molecule has 0 aliphatic carbocycles. The highest BCUT2D eigenvalue weighted by atomic mass is 16.5. The highest BCUT2D eigenvalue weighted by Crippen LogP contribution is 2.33. The molecule has 1 unspecified atom stereocenters. The molecule has 1 aromatic heterocycles. The van der Waals surface area contributed by atoms with Crippen LogP contribution in [0.5, 0.6) is 5.75 Å². The monoisotopic (exact) mass is 340 g/mol. The van der Waals surface area contributed by atoms with E-state index in [-0.39, 0.29) is 0 Å². The van der Waals surface area contributed by atoms with Gasteiger partial charge in [-0.25, -0.2) is 0 Å². The van der Waals surface area contributed by atoms with Crippen LogP contribution in [-0.2, 0) is 4.74 Å². The van der Waals surface area contributed by atoms with Crippen molar-refractivity contribution in [3.05, 3.63) is 65.1 Å². The second kappa shape index (κ2) is 7.72. The van der Waals surface area contributed by atoms with Crippen molar-refractivity contribution in [2.75, 3.05) is 19.8 Å². The number of furan rings is 1. The van der Waals surface area contributed by atoms with E-state index < -0.39 is 6.10 Å². The zero-order chi connectivity index (χ0) is 17.8. The SMILES string of the molecule is CCOCCOc1ccc(C(O)c2occ3c(C)cc(C)cc23)cc1. The molecule has 132 valence electrons. The van der Waals surface area contributed by atoms with Gasteiger partial charge in [0.1, 0.15) is 24.2 Å². The molecule has 1 N–H and O–H groups in total. The molecule has 1 heterocycles. The summed E-state index contributed by atoms with van der Waals surface area (Å²) in [7, 11) is 0. The summed E-state index contributed by atoms with van der Waals surface area (Å²) in [6, 6.07) is 11.6. The number of rotatable bonds is 7. The Morgan fingerprint density at radius 1 is 1.04 bits per heavy atom. The average Bonchev–Trinajstić information content (AvgIpc) is 3.03. The minimum atomic E-state index is -0.809. The Morgan fingerprint density at radius 2 is 1.80 bits per heavy atom. The molecule has 0 bridgehead atoms. The molecule has 4 heteroatoms. The Labute approximate surface area is 148 Å². The van der Waals surface area contributed by atoms with Crippen molar-refractivity contribution < 1.29 is 19.0 Å². The van der Waals surface area contributed by atoms with Crippen molar-refractivity contribution in [2.45, 2.75) is 26.9 Å². The largest absolute Gasteiger partial charge is 0.491 e. The standard InChI is InChI=1S/C21H24O4/c1-4-23-9-10-24-17-7-5-16(6-8-17)20(22)21-18-12-14(2)11-15(3)19(18)13-25-21/h5-8,11-13,20,22H,4,9-10H2,1-3H3. The van der Waals surface area contributed by atoms with E-state index >= 15 is 0 Å². The van der Waals surface area contributed by atoms with Gasteiger partial charge in [-0.1, -0.05) is 23.8 Å². The van der Waals surface area contributed by atoms with Gasteiger partial charge in [-0.2, -0.15) is 0 Å². The fourth-order valence-electron chi connectivity index (χ4n) is 3.00. The molecule has 2 aromatic carbocycles. The zero-order valence-corrected chi connectivity index (χ0v) is 14.9. The molecule has 1 atom stereocenters. The van der Waals surface area contributed by atoms with Crippen molar-refractivity contribution in [2.24, 2.45) is 0 Å². The molecule has 3 rings (SSSR count). The van der Waals surface area contributed by atoms with Gasteiger partial charge >= 0.3 is 0 Å². The van der Waals surface area contributed by atoms with E-state index in [4.69, 9.17) is 13.9 Å². The van der Waals surface area contributed by atoms with Crippen molar-refractivity contribution in [1.29, 1.82) is 0 Å². The van der Waals surface area contributed by atoms with E-state index in [1.54, 1.807) is 6.26 Å². The first-order valence-corrected chi connectivity index (χ1v) is 8.57. The summed E-state index contributed by atoms with van der Waals surface area (Å²) in [5.41, 5.74) is 3.07. The highest BCUT2D eigenvalue weighted by Gasteiger charge is 2.19. The molecule has 0 aliphatic rings. The van der Waals surface area contributed by atoms with E-state index in [2.05, 4.69) is 19.1 Å². The third-order valence-electron chi connectivity index (χ3n) is 4.25.